The molecule has 0 aliphatic rings. The highest BCUT2D eigenvalue weighted by Gasteiger charge is 2.26. The molecule has 14 nitrogen and oxygen atoms in total. The molecule has 0 heterocycles. The van der Waals surface area contributed by atoms with Gasteiger partial charge in [-0.2, -0.15) is 16.8 Å². The molecule has 2 aromatic carbocycles. The SMILES string of the molecule is Nc1cc(S(=O)(=O)OC(=O)CCCS(=O)(=O)CCCl)cc2cc(S(=O)(=O)OC(=O)CCCS(=O)(=O)CCCl)cc(O)c12. The predicted octanol–water partition coefficient (Wildman–Crippen LogP) is 1.46. The zero-order chi connectivity index (χ0) is 31.9. The standard InChI is InChI=1S/C22H27Cl2NO13S4/c23-5-9-39(29,30)7-1-3-20(27)37-41(33,34)16-11-15-12-17(14-19(26)22(15)18(25)13-16)42(35,36)38-21(28)4-2-8-40(31,32)10-6-24/h11-14,26H,1-10,25H2. The van der Waals surface area contributed by atoms with E-state index in [-0.39, 0.29) is 52.6 Å². The number of fused-ring (bicyclic) bond motifs is 1. The van der Waals surface area contributed by atoms with E-state index in [9.17, 15) is 48.4 Å². The normalized spacial score (nSPS) is 12.7. The van der Waals surface area contributed by atoms with Crippen molar-refractivity contribution >= 4 is 91.5 Å². The van der Waals surface area contributed by atoms with Gasteiger partial charge in [0.2, 0.25) is 0 Å². The van der Waals surface area contributed by atoms with E-state index in [1.165, 1.54) is 0 Å². The first kappa shape index (κ1) is 35.8. The van der Waals surface area contributed by atoms with Crippen LogP contribution in [0.5, 0.6) is 5.75 Å². The van der Waals surface area contributed by atoms with E-state index in [2.05, 4.69) is 8.37 Å². The molecule has 0 saturated carbocycles. The van der Waals surface area contributed by atoms with Crippen LogP contribution >= 0.6 is 23.2 Å². The Hall–Kier alpha value is -2.38. The maximum absolute atomic E-state index is 12.7. The number of benzene rings is 2. The molecule has 2 aromatic rings. The number of nitrogens with two attached hydrogens (primary N) is 1. The molecular formula is C22H27Cl2NO13S4. The Morgan fingerprint density at radius 2 is 1.10 bits per heavy atom. The lowest BCUT2D eigenvalue weighted by atomic mass is 10.1. The summed E-state index contributed by atoms with van der Waals surface area (Å²) in [6, 6.07) is 3.25. The quantitative estimate of drug-likeness (QED) is 0.142. The molecule has 0 spiro atoms. The molecule has 20 heteroatoms. The first-order chi connectivity index (χ1) is 19.3. The van der Waals surface area contributed by atoms with Crippen LogP contribution in [0.25, 0.3) is 10.8 Å². The van der Waals surface area contributed by atoms with E-state index in [1.54, 1.807) is 0 Å². The summed E-state index contributed by atoms with van der Waals surface area (Å²) < 4.78 is 106. The van der Waals surface area contributed by atoms with Crippen molar-refractivity contribution in [1.29, 1.82) is 0 Å². The van der Waals surface area contributed by atoms with Crippen molar-refractivity contribution in [3.05, 3.63) is 24.3 Å². The van der Waals surface area contributed by atoms with Gasteiger partial charge in [0, 0.05) is 41.7 Å². The van der Waals surface area contributed by atoms with Gasteiger partial charge in [0.1, 0.15) is 15.5 Å². The lowest BCUT2D eigenvalue weighted by molar-refractivity contribution is -0.134. The summed E-state index contributed by atoms with van der Waals surface area (Å²) in [6.07, 6.45) is -1.60. The van der Waals surface area contributed by atoms with Gasteiger partial charge in [-0.1, -0.05) is 0 Å². The lowest BCUT2D eigenvalue weighted by Gasteiger charge is -2.12. The van der Waals surface area contributed by atoms with E-state index >= 15 is 0 Å². The number of carbonyl (C=O) groups is 2. The number of hydrogen-bond donors (Lipinski definition) is 2. The largest absolute Gasteiger partial charge is 0.507 e. The number of carbonyl (C=O) groups excluding carboxylic acids is 2. The third kappa shape index (κ3) is 10.4. The van der Waals surface area contributed by atoms with Crippen molar-refractivity contribution in [2.24, 2.45) is 0 Å². The third-order valence-electron chi connectivity index (χ3n) is 5.44. The van der Waals surface area contributed by atoms with Crippen LogP contribution in [0, 0.1) is 0 Å². The predicted molar refractivity (Wildman–Crippen MR) is 154 cm³/mol. The number of phenolic OH excluding ortho intramolecular Hbond substituents is 1. The molecule has 0 aliphatic carbocycles. The average molecular weight is 713 g/mol. The van der Waals surface area contributed by atoms with Gasteiger partial charge in [0.05, 0.1) is 23.0 Å². The minimum Gasteiger partial charge on any atom is -0.507 e. The van der Waals surface area contributed by atoms with E-state index in [0.717, 1.165) is 18.2 Å². The smallest absolute Gasteiger partial charge is 0.341 e. The van der Waals surface area contributed by atoms with Crippen LogP contribution < -0.4 is 5.73 Å². The van der Waals surface area contributed by atoms with Crippen LogP contribution in [0.2, 0.25) is 0 Å². The molecule has 0 unspecified atom stereocenters. The monoisotopic (exact) mass is 711 g/mol. The zero-order valence-electron chi connectivity index (χ0n) is 21.7. The van der Waals surface area contributed by atoms with E-state index in [1.807, 2.05) is 0 Å². The van der Waals surface area contributed by atoms with Crippen LogP contribution in [0.1, 0.15) is 25.7 Å². The number of alkyl halides is 2. The van der Waals surface area contributed by atoms with E-state index < -0.39 is 91.7 Å². The lowest BCUT2D eigenvalue weighted by Crippen LogP contribution is -2.17. The molecule has 236 valence electrons. The minimum absolute atomic E-state index is 0.145. The summed E-state index contributed by atoms with van der Waals surface area (Å²) in [6.45, 7) is 0. The summed E-state index contributed by atoms with van der Waals surface area (Å²) in [5.41, 5.74) is 5.52. The molecule has 0 saturated heterocycles. The second kappa shape index (κ2) is 14.4. The van der Waals surface area contributed by atoms with Crippen LogP contribution in [-0.4, -0.2) is 85.5 Å². The fraction of sp³-hybridized carbons (Fsp3) is 0.455. The number of rotatable bonds is 16. The molecule has 0 fully saturated rings. The molecule has 42 heavy (non-hydrogen) atoms. The number of halogens is 2. The van der Waals surface area contributed by atoms with Crippen LogP contribution in [0.15, 0.2) is 34.1 Å². The summed E-state index contributed by atoms with van der Waals surface area (Å²) in [4.78, 5) is 22.7. The fourth-order valence-corrected chi connectivity index (χ4v) is 8.87. The van der Waals surface area contributed by atoms with Gasteiger partial charge in [-0.05, 0) is 36.4 Å². The Labute approximate surface area is 253 Å². The molecule has 0 aliphatic heterocycles. The molecule has 0 aromatic heterocycles. The Balaban J connectivity index is 2.25. The van der Waals surface area contributed by atoms with Crippen molar-refractivity contribution in [2.45, 2.75) is 35.5 Å². The Kier molecular flexibility index (Phi) is 12.3. The minimum atomic E-state index is -4.87. The second-order valence-corrected chi connectivity index (χ2v) is 17.2. The Morgan fingerprint density at radius 1 is 0.690 bits per heavy atom. The summed E-state index contributed by atoms with van der Waals surface area (Å²) >= 11 is 10.8. The van der Waals surface area contributed by atoms with E-state index in [0.29, 0.717) is 6.07 Å². The molecular weight excluding hydrogens is 685 g/mol. The summed E-state index contributed by atoms with van der Waals surface area (Å²) in [5.74, 6) is -5.06. The first-order valence-electron chi connectivity index (χ1n) is 11.9. The van der Waals surface area contributed by atoms with Gasteiger partial charge in [0.15, 0.2) is 19.7 Å². The van der Waals surface area contributed by atoms with Gasteiger partial charge < -0.3 is 19.2 Å². The van der Waals surface area contributed by atoms with Crippen molar-refractivity contribution in [1.82, 2.24) is 0 Å². The molecule has 0 bridgehead atoms. The number of hydrogen-bond acceptors (Lipinski definition) is 14. The van der Waals surface area contributed by atoms with Gasteiger partial charge in [-0.3, -0.25) is 9.59 Å². The molecule has 0 radical (unpaired) electrons. The van der Waals surface area contributed by atoms with Crippen molar-refractivity contribution < 1.29 is 56.7 Å². The summed E-state index contributed by atoms with van der Waals surface area (Å²) in [7, 11) is -16.8. The fourth-order valence-electron chi connectivity index (χ4n) is 3.50. The molecule has 0 amide bonds. The van der Waals surface area contributed by atoms with Crippen LogP contribution in [0.3, 0.4) is 0 Å². The Bertz CT molecular complexity index is 1650. The number of anilines is 1. The number of sulfone groups is 2. The average Bonchev–Trinajstić information content (AvgIpc) is 2.82. The maximum Gasteiger partial charge on any atom is 0.341 e. The topological polar surface area (TPSA) is 235 Å². The Morgan fingerprint density at radius 3 is 1.50 bits per heavy atom. The zero-order valence-corrected chi connectivity index (χ0v) is 26.5. The second-order valence-electron chi connectivity index (χ2n) is 8.76. The van der Waals surface area contributed by atoms with Crippen LogP contribution in [-0.2, 0) is 57.9 Å². The molecule has 3 N–H and O–H groups in total. The maximum atomic E-state index is 12.7. The van der Waals surface area contributed by atoms with Gasteiger partial charge >= 0.3 is 32.2 Å². The van der Waals surface area contributed by atoms with Crippen molar-refractivity contribution in [3.63, 3.8) is 0 Å². The molecule has 2 rings (SSSR count). The highest BCUT2D eigenvalue weighted by molar-refractivity contribution is 7.91. The highest BCUT2D eigenvalue weighted by atomic mass is 35.5. The van der Waals surface area contributed by atoms with Gasteiger partial charge in [-0.15, -0.1) is 23.2 Å². The summed E-state index contributed by atoms with van der Waals surface area (Å²) in [5, 5.41) is 9.98. The van der Waals surface area contributed by atoms with Crippen molar-refractivity contribution in [3.8, 4) is 5.75 Å². The number of phenols is 1. The number of aromatic hydroxyl groups is 1. The van der Waals surface area contributed by atoms with Crippen LogP contribution in [0.4, 0.5) is 5.69 Å². The first-order valence-corrected chi connectivity index (χ1v) is 19.4. The highest BCUT2D eigenvalue weighted by Crippen LogP contribution is 2.36. The van der Waals surface area contributed by atoms with Crippen molar-refractivity contribution in [2.75, 3.05) is 40.5 Å². The van der Waals surface area contributed by atoms with Gasteiger partial charge in [0.25, 0.3) is 0 Å². The molecule has 0 atom stereocenters. The van der Waals surface area contributed by atoms with E-state index in [4.69, 9.17) is 28.9 Å². The number of nitrogen functional groups attached to an aromatic ring is 1. The third-order valence-corrected chi connectivity index (χ3v) is 12.2. The van der Waals surface area contributed by atoms with Gasteiger partial charge in [-0.25, -0.2) is 16.8 Å².